The van der Waals surface area contributed by atoms with Gasteiger partial charge in [0.25, 0.3) is 0 Å². The summed E-state index contributed by atoms with van der Waals surface area (Å²) in [6.07, 6.45) is -0.904. The first-order chi connectivity index (χ1) is 16.9. The highest BCUT2D eigenvalue weighted by molar-refractivity contribution is 5.85. The van der Waals surface area contributed by atoms with E-state index in [1.54, 1.807) is 4.90 Å². The molecule has 0 bridgehead atoms. The van der Waals surface area contributed by atoms with E-state index in [1.807, 2.05) is 0 Å². The minimum Gasteiger partial charge on any atom is -0.427 e. The number of nitrogens with zero attached hydrogens (tertiary/aromatic N) is 4. The molecule has 1 saturated heterocycles. The Morgan fingerprint density at radius 1 is 1.25 bits per heavy atom. The lowest BCUT2D eigenvalue weighted by Crippen LogP contribution is -2.58. The fraction of sp³-hybridized carbons (Fsp3) is 0.583. The summed E-state index contributed by atoms with van der Waals surface area (Å²) >= 11 is 0. The largest absolute Gasteiger partial charge is 0.427 e. The lowest BCUT2D eigenvalue weighted by Gasteiger charge is -2.42. The third kappa shape index (κ3) is 5.48. The highest BCUT2D eigenvalue weighted by atomic mass is 19.4. The molecule has 4 atom stereocenters. The number of carbonyl (C=O) groups is 2. The van der Waals surface area contributed by atoms with E-state index in [0.29, 0.717) is 36.6 Å². The Morgan fingerprint density at radius 2 is 2.00 bits per heavy atom. The van der Waals surface area contributed by atoms with Crippen molar-refractivity contribution in [1.82, 2.24) is 25.2 Å². The second kappa shape index (κ2) is 10.1. The lowest BCUT2D eigenvalue weighted by atomic mass is 9.85. The molecule has 1 aliphatic heterocycles. The van der Waals surface area contributed by atoms with Gasteiger partial charge in [0.1, 0.15) is 12.4 Å². The van der Waals surface area contributed by atoms with Crippen molar-refractivity contribution < 1.29 is 28.0 Å². The van der Waals surface area contributed by atoms with E-state index in [0.717, 1.165) is 30.9 Å². The summed E-state index contributed by atoms with van der Waals surface area (Å²) in [5.41, 5.74) is -0.839. The highest BCUT2D eigenvalue weighted by Crippen LogP contribution is 2.31. The van der Waals surface area contributed by atoms with Crippen LogP contribution >= 0.6 is 0 Å². The number of nitrogens with one attached hydrogen (secondary N) is 2. The molecule has 2 aliphatic rings. The maximum Gasteiger partial charge on any atom is 0.416 e. The fourth-order valence-corrected chi connectivity index (χ4v) is 5.28. The number of fused-ring (bicyclic) bond motifs is 1. The molecule has 36 heavy (non-hydrogen) atoms. The number of carbonyl (C=O) groups excluding carboxylic acids is 2. The first-order valence-electron chi connectivity index (χ1n) is 12.1. The van der Waals surface area contributed by atoms with Gasteiger partial charge in [0, 0.05) is 30.9 Å². The standard InChI is InChI=1S/C24H31F3N6O3/c1-13(2)29-16-5-7-21(19(11-16)30-14(3)34)32-9-8-18(23(32)35)31-22-17-10-15(24(25,26)27)4-6-20(17)33(36)12-28-22/h4,6,10,12-13,16,18-19,21,29,36H,5,7-9,11H2,1-3H3,(H,30,34)/t16-,18+,19+,21+/m1/s1. The van der Waals surface area contributed by atoms with Crippen molar-refractivity contribution in [3.8, 4) is 0 Å². The summed E-state index contributed by atoms with van der Waals surface area (Å²) in [5, 5.41) is 16.5. The summed E-state index contributed by atoms with van der Waals surface area (Å²) in [4.78, 5) is 35.4. The molecule has 3 N–H and O–H groups in total. The summed E-state index contributed by atoms with van der Waals surface area (Å²) in [6.45, 7) is 6.00. The first kappa shape index (κ1) is 25.9. The monoisotopic (exact) mass is 508 g/mol. The van der Waals surface area contributed by atoms with E-state index in [9.17, 15) is 28.0 Å². The Kier molecular flexibility index (Phi) is 7.26. The summed E-state index contributed by atoms with van der Waals surface area (Å²) in [6, 6.07) is 2.19. The topological polar surface area (TPSA) is 112 Å². The maximum atomic E-state index is 13.4. The molecule has 0 radical (unpaired) electrons. The Bertz CT molecular complexity index is 1210. The Labute approximate surface area is 206 Å². The fourth-order valence-electron chi connectivity index (χ4n) is 5.28. The van der Waals surface area contributed by atoms with Crippen LogP contribution in [0.25, 0.3) is 10.9 Å². The molecule has 2 aromatic rings. The number of alkyl halides is 3. The van der Waals surface area contributed by atoms with Gasteiger partial charge in [0.15, 0.2) is 5.49 Å². The van der Waals surface area contributed by atoms with Crippen LogP contribution in [0.5, 0.6) is 0 Å². The second-order valence-corrected chi connectivity index (χ2v) is 9.81. The SMILES string of the molecule is CC(=O)N[C@H]1C[C@H](NC(C)C)CC[C@@H]1N1CC[C@H](N=c2ncn(O)c3ccc(C(F)(F)F)cc23)C1=O. The average molecular weight is 509 g/mol. The second-order valence-electron chi connectivity index (χ2n) is 9.81. The van der Waals surface area contributed by atoms with Gasteiger partial charge in [-0.2, -0.15) is 17.9 Å². The Balaban J connectivity index is 1.61. The number of benzene rings is 1. The van der Waals surface area contributed by atoms with E-state index < -0.39 is 17.8 Å². The van der Waals surface area contributed by atoms with Crippen molar-refractivity contribution in [1.29, 1.82) is 0 Å². The minimum atomic E-state index is -4.58. The lowest BCUT2D eigenvalue weighted by molar-refractivity contribution is -0.137. The molecule has 2 amide bonds. The highest BCUT2D eigenvalue weighted by Gasteiger charge is 2.42. The Hall–Kier alpha value is -3.15. The summed E-state index contributed by atoms with van der Waals surface area (Å²) in [7, 11) is 0. The number of hydrogen-bond donors (Lipinski definition) is 3. The number of aromatic nitrogens is 2. The molecule has 2 heterocycles. The molecule has 1 aromatic carbocycles. The number of hydrogen-bond acceptors (Lipinski definition) is 6. The molecular formula is C24H31F3N6O3. The van der Waals surface area contributed by atoms with Crippen molar-refractivity contribution in [2.45, 2.75) is 82.8 Å². The van der Waals surface area contributed by atoms with Gasteiger partial charge < -0.3 is 20.7 Å². The molecule has 9 nitrogen and oxygen atoms in total. The molecule has 0 spiro atoms. The predicted octanol–water partition coefficient (Wildman–Crippen LogP) is 2.22. The van der Waals surface area contributed by atoms with Crippen molar-refractivity contribution in [2.75, 3.05) is 6.54 Å². The van der Waals surface area contributed by atoms with Gasteiger partial charge in [-0.1, -0.05) is 13.8 Å². The van der Waals surface area contributed by atoms with Crippen LogP contribution in [0.2, 0.25) is 0 Å². The van der Waals surface area contributed by atoms with Crippen LogP contribution in [0.4, 0.5) is 13.2 Å². The normalized spacial score (nSPS) is 25.7. The average Bonchev–Trinajstić information content (AvgIpc) is 3.14. The van der Waals surface area contributed by atoms with Crippen LogP contribution < -0.4 is 16.1 Å². The number of amides is 2. The van der Waals surface area contributed by atoms with Gasteiger partial charge in [-0.3, -0.25) is 14.6 Å². The molecule has 1 aromatic heterocycles. The van der Waals surface area contributed by atoms with E-state index in [-0.39, 0.29) is 46.3 Å². The van der Waals surface area contributed by atoms with Crippen molar-refractivity contribution in [2.24, 2.45) is 4.99 Å². The first-order valence-corrected chi connectivity index (χ1v) is 12.1. The molecule has 1 aliphatic carbocycles. The molecular weight excluding hydrogens is 477 g/mol. The molecule has 196 valence electrons. The van der Waals surface area contributed by atoms with E-state index in [2.05, 4.69) is 34.5 Å². The summed E-state index contributed by atoms with van der Waals surface area (Å²) < 4.78 is 40.5. The zero-order chi connectivity index (χ0) is 26.2. The Morgan fingerprint density at radius 3 is 2.67 bits per heavy atom. The molecule has 2 fully saturated rings. The van der Waals surface area contributed by atoms with Gasteiger partial charge in [-0.05, 0) is 43.9 Å². The van der Waals surface area contributed by atoms with Crippen LogP contribution in [-0.4, -0.2) is 68.4 Å². The van der Waals surface area contributed by atoms with Crippen LogP contribution in [0.3, 0.4) is 0 Å². The third-order valence-corrected chi connectivity index (χ3v) is 6.76. The van der Waals surface area contributed by atoms with Gasteiger partial charge in [0.2, 0.25) is 11.8 Å². The third-order valence-electron chi connectivity index (χ3n) is 6.76. The van der Waals surface area contributed by atoms with Gasteiger partial charge >= 0.3 is 6.18 Å². The minimum absolute atomic E-state index is 0.00235. The van der Waals surface area contributed by atoms with Gasteiger partial charge in [0.05, 0.1) is 23.2 Å². The predicted molar refractivity (Wildman–Crippen MR) is 125 cm³/mol. The van der Waals surface area contributed by atoms with Crippen molar-refractivity contribution in [3.63, 3.8) is 0 Å². The number of halogens is 3. The molecule has 1 saturated carbocycles. The van der Waals surface area contributed by atoms with Crippen LogP contribution in [0.1, 0.15) is 52.0 Å². The van der Waals surface area contributed by atoms with Crippen molar-refractivity contribution in [3.05, 3.63) is 35.6 Å². The quantitative estimate of drug-likeness (QED) is 0.537. The summed E-state index contributed by atoms with van der Waals surface area (Å²) in [5.74, 6) is -0.408. The zero-order valence-electron chi connectivity index (χ0n) is 20.4. The van der Waals surface area contributed by atoms with Crippen LogP contribution in [0.15, 0.2) is 29.5 Å². The molecule has 0 unspecified atom stereocenters. The van der Waals surface area contributed by atoms with Crippen molar-refractivity contribution >= 4 is 22.7 Å². The molecule has 12 heteroatoms. The molecule has 4 rings (SSSR count). The van der Waals surface area contributed by atoms with Crippen LogP contribution in [0, 0.1) is 0 Å². The number of likely N-dealkylation sites (tertiary alicyclic amines) is 1. The zero-order valence-corrected chi connectivity index (χ0v) is 20.4. The van der Waals surface area contributed by atoms with E-state index >= 15 is 0 Å². The smallest absolute Gasteiger partial charge is 0.416 e. The van der Waals surface area contributed by atoms with Crippen LogP contribution in [-0.2, 0) is 15.8 Å². The van der Waals surface area contributed by atoms with E-state index in [4.69, 9.17) is 0 Å². The maximum absolute atomic E-state index is 13.4. The van der Waals surface area contributed by atoms with Gasteiger partial charge in [-0.15, -0.1) is 0 Å². The van der Waals surface area contributed by atoms with E-state index in [1.165, 1.54) is 6.92 Å². The number of rotatable bonds is 5. The van der Waals surface area contributed by atoms with Gasteiger partial charge in [-0.25, -0.2) is 4.98 Å².